The van der Waals surface area contributed by atoms with Gasteiger partial charge in [-0.25, -0.2) is 0 Å². The maximum Gasteiger partial charge on any atom is 0.242 e. The molecule has 1 unspecified atom stereocenters. The Morgan fingerprint density at radius 2 is 2.15 bits per heavy atom. The van der Waals surface area contributed by atoms with Gasteiger partial charge in [-0.15, -0.1) is 11.3 Å². The molecule has 3 N–H and O–H groups in total. The van der Waals surface area contributed by atoms with E-state index in [0.29, 0.717) is 0 Å². The molecule has 0 bridgehead atoms. The fraction of sp³-hybridized carbons (Fsp3) is 0.267. The summed E-state index contributed by atoms with van der Waals surface area (Å²) >= 11 is 1.48. The smallest absolute Gasteiger partial charge is 0.242 e. The molecular weight excluding hydrogens is 272 g/mol. The normalized spacial score (nSPS) is 13.6. The van der Waals surface area contributed by atoms with E-state index >= 15 is 0 Å². The Hall–Kier alpha value is -1.85. The number of hydrogen-bond acceptors (Lipinski definition) is 4. The molecule has 0 saturated heterocycles. The van der Waals surface area contributed by atoms with Crippen molar-refractivity contribution >= 4 is 17.2 Å². The second kappa shape index (κ2) is 6.54. The van der Waals surface area contributed by atoms with Crippen LogP contribution in [0.3, 0.4) is 0 Å². The summed E-state index contributed by atoms with van der Waals surface area (Å²) in [5.74, 6) is 0.592. The summed E-state index contributed by atoms with van der Waals surface area (Å²) in [5, 5.41) is 4.83. The van der Waals surface area contributed by atoms with E-state index in [2.05, 4.69) is 5.32 Å². The molecule has 0 saturated carbocycles. The van der Waals surface area contributed by atoms with Gasteiger partial charge in [0.1, 0.15) is 11.8 Å². The molecule has 0 fully saturated rings. The Balaban J connectivity index is 2.03. The number of hydrogen-bond donors (Lipinski definition) is 2. The quantitative estimate of drug-likeness (QED) is 0.889. The SMILES string of the molecule is COc1cccc([C@@H](C)NC(=O)C(N)c2cccs2)c1. The van der Waals surface area contributed by atoms with Crippen molar-refractivity contribution in [1.82, 2.24) is 5.32 Å². The van der Waals surface area contributed by atoms with E-state index in [0.717, 1.165) is 16.2 Å². The zero-order valence-corrected chi connectivity index (χ0v) is 12.3. The van der Waals surface area contributed by atoms with Crippen molar-refractivity contribution in [3.05, 3.63) is 52.2 Å². The molecule has 20 heavy (non-hydrogen) atoms. The lowest BCUT2D eigenvalue weighted by Gasteiger charge is -2.17. The zero-order valence-electron chi connectivity index (χ0n) is 11.5. The number of amides is 1. The van der Waals surface area contributed by atoms with Crippen LogP contribution in [0.4, 0.5) is 0 Å². The van der Waals surface area contributed by atoms with E-state index in [1.807, 2.05) is 48.7 Å². The van der Waals surface area contributed by atoms with Gasteiger partial charge in [0.15, 0.2) is 0 Å². The third-order valence-corrected chi connectivity index (χ3v) is 4.04. The number of nitrogens with one attached hydrogen (secondary N) is 1. The minimum atomic E-state index is -0.622. The molecule has 0 aliphatic carbocycles. The maximum absolute atomic E-state index is 12.1. The summed E-state index contributed by atoms with van der Waals surface area (Å²) < 4.78 is 5.18. The predicted molar refractivity (Wildman–Crippen MR) is 80.8 cm³/mol. The molecule has 0 spiro atoms. The van der Waals surface area contributed by atoms with E-state index in [1.54, 1.807) is 7.11 Å². The highest BCUT2D eigenvalue weighted by atomic mass is 32.1. The molecule has 4 nitrogen and oxygen atoms in total. The molecule has 2 rings (SSSR count). The van der Waals surface area contributed by atoms with Gasteiger partial charge in [0.25, 0.3) is 0 Å². The lowest BCUT2D eigenvalue weighted by molar-refractivity contribution is -0.123. The Morgan fingerprint density at radius 1 is 1.35 bits per heavy atom. The van der Waals surface area contributed by atoms with E-state index in [-0.39, 0.29) is 11.9 Å². The van der Waals surface area contributed by atoms with E-state index in [1.165, 1.54) is 11.3 Å². The van der Waals surface area contributed by atoms with Crippen LogP contribution in [0.2, 0.25) is 0 Å². The summed E-state index contributed by atoms with van der Waals surface area (Å²) in [6.07, 6.45) is 0. The van der Waals surface area contributed by atoms with Gasteiger partial charge in [-0.3, -0.25) is 4.79 Å². The molecule has 0 radical (unpaired) electrons. The fourth-order valence-electron chi connectivity index (χ4n) is 1.89. The third-order valence-electron chi connectivity index (χ3n) is 3.08. The Labute approximate surface area is 122 Å². The van der Waals surface area contributed by atoms with Crippen LogP contribution in [0, 0.1) is 0 Å². The monoisotopic (exact) mass is 290 g/mol. The van der Waals surface area contributed by atoms with Gasteiger partial charge in [-0.2, -0.15) is 0 Å². The van der Waals surface area contributed by atoms with Crippen molar-refractivity contribution in [2.45, 2.75) is 19.0 Å². The van der Waals surface area contributed by atoms with Crippen molar-refractivity contribution in [1.29, 1.82) is 0 Å². The summed E-state index contributed by atoms with van der Waals surface area (Å²) in [6.45, 7) is 1.92. The first-order valence-electron chi connectivity index (χ1n) is 6.35. The molecule has 2 atom stereocenters. The average molecular weight is 290 g/mol. The number of nitrogens with two attached hydrogens (primary N) is 1. The first-order chi connectivity index (χ1) is 9.61. The van der Waals surface area contributed by atoms with Crippen LogP contribution in [0.15, 0.2) is 41.8 Å². The first kappa shape index (κ1) is 14.6. The fourth-order valence-corrected chi connectivity index (χ4v) is 2.62. The van der Waals surface area contributed by atoms with Gasteiger partial charge < -0.3 is 15.8 Å². The Kier molecular flexibility index (Phi) is 4.76. The minimum Gasteiger partial charge on any atom is -0.497 e. The van der Waals surface area contributed by atoms with E-state index in [9.17, 15) is 4.79 Å². The van der Waals surface area contributed by atoms with Crippen molar-refractivity contribution in [3.8, 4) is 5.75 Å². The third kappa shape index (κ3) is 3.37. The van der Waals surface area contributed by atoms with Gasteiger partial charge in [0.2, 0.25) is 5.91 Å². The molecule has 1 aromatic carbocycles. The second-order valence-electron chi connectivity index (χ2n) is 4.50. The molecule has 0 aliphatic heterocycles. The van der Waals surface area contributed by atoms with Crippen LogP contribution >= 0.6 is 11.3 Å². The van der Waals surface area contributed by atoms with Crippen molar-refractivity contribution < 1.29 is 9.53 Å². The van der Waals surface area contributed by atoms with Gasteiger partial charge in [0, 0.05) is 4.88 Å². The summed E-state index contributed by atoms with van der Waals surface area (Å²) in [5.41, 5.74) is 6.92. The number of carbonyl (C=O) groups is 1. The number of thiophene rings is 1. The van der Waals surface area contributed by atoms with E-state index in [4.69, 9.17) is 10.5 Å². The molecule has 1 aromatic heterocycles. The lowest BCUT2D eigenvalue weighted by Crippen LogP contribution is -2.35. The van der Waals surface area contributed by atoms with Crippen LogP contribution < -0.4 is 15.8 Å². The van der Waals surface area contributed by atoms with Crippen LogP contribution in [0.5, 0.6) is 5.75 Å². The van der Waals surface area contributed by atoms with Crippen molar-refractivity contribution in [3.63, 3.8) is 0 Å². The predicted octanol–water partition coefficient (Wildman–Crippen LogP) is 2.63. The number of carbonyl (C=O) groups excluding carboxylic acids is 1. The molecule has 5 heteroatoms. The van der Waals surface area contributed by atoms with Crippen LogP contribution in [-0.2, 0) is 4.79 Å². The largest absolute Gasteiger partial charge is 0.497 e. The minimum absolute atomic E-state index is 0.122. The number of benzene rings is 1. The van der Waals surface area contributed by atoms with Gasteiger partial charge in [0.05, 0.1) is 13.2 Å². The van der Waals surface area contributed by atoms with Gasteiger partial charge in [-0.05, 0) is 36.1 Å². The van der Waals surface area contributed by atoms with Crippen LogP contribution in [0.1, 0.15) is 29.4 Å². The highest BCUT2D eigenvalue weighted by Crippen LogP contribution is 2.21. The maximum atomic E-state index is 12.1. The standard InChI is InChI=1S/C15H18N2O2S/c1-10(11-5-3-6-12(9-11)19-2)17-15(18)14(16)13-7-4-8-20-13/h3-10,14H,16H2,1-2H3,(H,17,18)/t10-,14?/m1/s1. The lowest BCUT2D eigenvalue weighted by atomic mass is 10.1. The zero-order chi connectivity index (χ0) is 14.5. The Morgan fingerprint density at radius 3 is 2.80 bits per heavy atom. The number of methoxy groups -OCH3 is 1. The molecule has 2 aromatic rings. The number of rotatable bonds is 5. The van der Waals surface area contributed by atoms with Crippen molar-refractivity contribution in [2.24, 2.45) is 5.73 Å². The summed E-state index contributed by atoms with van der Waals surface area (Å²) in [6, 6.07) is 10.6. The first-order valence-corrected chi connectivity index (χ1v) is 7.23. The van der Waals surface area contributed by atoms with Crippen LogP contribution in [0.25, 0.3) is 0 Å². The second-order valence-corrected chi connectivity index (χ2v) is 5.48. The molecule has 0 aliphatic rings. The van der Waals surface area contributed by atoms with Crippen LogP contribution in [-0.4, -0.2) is 13.0 Å². The molecular formula is C15H18N2O2S. The van der Waals surface area contributed by atoms with Crippen molar-refractivity contribution in [2.75, 3.05) is 7.11 Å². The summed E-state index contributed by atoms with van der Waals surface area (Å²) in [7, 11) is 1.62. The van der Waals surface area contributed by atoms with Gasteiger partial charge in [-0.1, -0.05) is 18.2 Å². The average Bonchev–Trinajstić information content (AvgIpc) is 3.00. The summed E-state index contributed by atoms with van der Waals surface area (Å²) in [4.78, 5) is 13.0. The number of ether oxygens (including phenoxy) is 1. The molecule has 1 amide bonds. The van der Waals surface area contributed by atoms with Gasteiger partial charge >= 0.3 is 0 Å². The molecule has 1 heterocycles. The highest BCUT2D eigenvalue weighted by molar-refractivity contribution is 7.10. The Bertz CT molecular complexity index is 569. The molecule has 106 valence electrons. The highest BCUT2D eigenvalue weighted by Gasteiger charge is 2.19. The topological polar surface area (TPSA) is 64.3 Å². The van der Waals surface area contributed by atoms with E-state index < -0.39 is 6.04 Å².